The molecule has 0 aliphatic rings. The molecule has 144 valence electrons. The molecule has 10 heteroatoms. The van der Waals surface area contributed by atoms with Crippen LogP contribution in [0.25, 0.3) is 17.4 Å². The van der Waals surface area contributed by atoms with Crippen LogP contribution < -0.4 is 0 Å². The molecule has 4 heterocycles. The Morgan fingerprint density at radius 2 is 2.11 bits per heavy atom. The Morgan fingerprint density at radius 3 is 2.86 bits per heavy atom. The first-order valence-corrected chi connectivity index (χ1v) is 8.91. The van der Waals surface area contributed by atoms with Gasteiger partial charge in [0.2, 0.25) is 11.7 Å². The summed E-state index contributed by atoms with van der Waals surface area (Å²) in [4.78, 5) is 23.2. The zero-order valence-electron chi connectivity index (χ0n) is 15.8. The first kappa shape index (κ1) is 17.8. The molecule has 10 nitrogen and oxygen atoms in total. The fourth-order valence-corrected chi connectivity index (χ4v) is 2.90. The van der Waals surface area contributed by atoms with E-state index < -0.39 is 0 Å². The maximum absolute atomic E-state index is 13.0. The van der Waals surface area contributed by atoms with E-state index >= 15 is 0 Å². The normalized spacial score (nSPS) is 11.2. The molecule has 0 saturated carbocycles. The van der Waals surface area contributed by atoms with Gasteiger partial charge in [-0.2, -0.15) is 4.98 Å². The SMILES string of the molecule is CCCN(Cc1nnc(-c2ccco2)o1)C(=O)c1nc2nc(C)cc(C)n2n1. The number of aromatic nitrogens is 6. The second kappa shape index (κ2) is 7.22. The molecule has 4 aromatic rings. The van der Waals surface area contributed by atoms with E-state index in [0.29, 0.717) is 24.0 Å². The van der Waals surface area contributed by atoms with E-state index in [1.54, 1.807) is 21.5 Å². The average molecular weight is 381 g/mol. The number of carbonyl (C=O) groups excluding carboxylic acids is 1. The third-order valence-electron chi connectivity index (χ3n) is 4.12. The van der Waals surface area contributed by atoms with Gasteiger partial charge in [-0.05, 0) is 38.5 Å². The number of furan rings is 1. The lowest BCUT2D eigenvalue weighted by Gasteiger charge is -2.18. The van der Waals surface area contributed by atoms with Crippen LogP contribution in [0.3, 0.4) is 0 Å². The highest BCUT2D eigenvalue weighted by Gasteiger charge is 2.23. The zero-order valence-corrected chi connectivity index (χ0v) is 15.8. The molecule has 0 bridgehead atoms. The lowest BCUT2D eigenvalue weighted by Crippen LogP contribution is -2.32. The molecule has 0 unspecified atom stereocenters. The Hall–Kier alpha value is -3.56. The van der Waals surface area contributed by atoms with Gasteiger partial charge in [0.1, 0.15) is 0 Å². The van der Waals surface area contributed by atoms with Crippen LogP contribution >= 0.6 is 0 Å². The highest BCUT2D eigenvalue weighted by atomic mass is 16.4. The van der Waals surface area contributed by atoms with Gasteiger partial charge < -0.3 is 13.7 Å². The van der Waals surface area contributed by atoms with Gasteiger partial charge in [0, 0.05) is 17.9 Å². The predicted molar refractivity (Wildman–Crippen MR) is 97.3 cm³/mol. The minimum atomic E-state index is -0.317. The summed E-state index contributed by atoms with van der Waals surface area (Å²) in [7, 11) is 0. The molecule has 4 aromatic heterocycles. The van der Waals surface area contributed by atoms with Gasteiger partial charge in [-0.1, -0.05) is 6.92 Å². The van der Waals surface area contributed by atoms with Crippen LogP contribution in [0, 0.1) is 13.8 Å². The molecule has 0 fully saturated rings. The fourth-order valence-electron chi connectivity index (χ4n) is 2.90. The molecule has 4 rings (SSSR count). The van der Waals surface area contributed by atoms with Crippen LogP contribution in [-0.4, -0.2) is 47.1 Å². The van der Waals surface area contributed by atoms with Gasteiger partial charge in [-0.25, -0.2) is 9.50 Å². The fraction of sp³-hybridized carbons (Fsp3) is 0.333. The molecule has 0 atom stereocenters. The Morgan fingerprint density at radius 1 is 1.25 bits per heavy atom. The summed E-state index contributed by atoms with van der Waals surface area (Å²) < 4.78 is 12.4. The van der Waals surface area contributed by atoms with E-state index in [2.05, 4.69) is 25.3 Å². The maximum atomic E-state index is 13.0. The largest absolute Gasteiger partial charge is 0.459 e. The lowest BCUT2D eigenvalue weighted by atomic mass is 10.3. The second-order valence-electron chi connectivity index (χ2n) is 6.39. The van der Waals surface area contributed by atoms with Crippen molar-refractivity contribution >= 4 is 11.7 Å². The number of fused-ring (bicyclic) bond motifs is 1. The van der Waals surface area contributed by atoms with Gasteiger partial charge in [0.05, 0.1) is 12.8 Å². The van der Waals surface area contributed by atoms with E-state index in [4.69, 9.17) is 8.83 Å². The molecule has 0 N–H and O–H groups in total. The first-order chi connectivity index (χ1) is 13.5. The highest BCUT2D eigenvalue weighted by Crippen LogP contribution is 2.19. The number of hydrogen-bond acceptors (Lipinski definition) is 8. The summed E-state index contributed by atoms with van der Waals surface area (Å²) in [5.74, 6) is 1.22. The molecular weight excluding hydrogens is 362 g/mol. The number of nitrogens with zero attached hydrogens (tertiary/aromatic N) is 7. The highest BCUT2D eigenvalue weighted by molar-refractivity contribution is 5.90. The lowest BCUT2D eigenvalue weighted by molar-refractivity contribution is 0.0716. The van der Waals surface area contributed by atoms with Gasteiger partial charge in [-0.15, -0.1) is 15.3 Å². The van der Waals surface area contributed by atoms with Crippen LogP contribution in [0.5, 0.6) is 0 Å². The van der Waals surface area contributed by atoms with E-state index in [1.807, 2.05) is 26.8 Å². The Kier molecular flexibility index (Phi) is 4.60. The monoisotopic (exact) mass is 381 g/mol. The molecule has 0 spiro atoms. The van der Waals surface area contributed by atoms with Gasteiger partial charge in [-0.3, -0.25) is 4.79 Å². The smallest absolute Gasteiger partial charge is 0.294 e. The van der Waals surface area contributed by atoms with Crippen LogP contribution in [0.4, 0.5) is 0 Å². The zero-order chi connectivity index (χ0) is 19.7. The minimum Gasteiger partial charge on any atom is -0.459 e. The second-order valence-corrected chi connectivity index (χ2v) is 6.39. The maximum Gasteiger partial charge on any atom is 0.294 e. The van der Waals surface area contributed by atoms with Crippen LogP contribution in [0.15, 0.2) is 33.3 Å². The third kappa shape index (κ3) is 3.36. The van der Waals surface area contributed by atoms with Crippen molar-refractivity contribution in [3.8, 4) is 11.7 Å². The quantitative estimate of drug-likeness (QED) is 0.500. The van der Waals surface area contributed by atoms with E-state index in [1.165, 1.54) is 6.26 Å². The molecule has 28 heavy (non-hydrogen) atoms. The summed E-state index contributed by atoms with van der Waals surface area (Å²) in [6.45, 7) is 6.40. The van der Waals surface area contributed by atoms with Gasteiger partial charge in [0.15, 0.2) is 5.76 Å². The summed E-state index contributed by atoms with van der Waals surface area (Å²) in [5, 5.41) is 12.3. The van der Waals surface area contributed by atoms with Crippen LogP contribution in [0.2, 0.25) is 0 Å². The topological polar surface area (TPSA) is 115 Å². The van der Waals surface area contributed by atoms with E-state index in [9.17, 15) is 4.79 Å². The van der Waals surface area contributed by atoms with E-state index in [0.717, 1.165) is 17.8 Å². The summed E-state index contributed by atoms with van der Waals surface area (Å²) >= 11 is 0. The van der Waals surface area contributed by atoms with Crippen molar-refractivity contribution in [2.45, 2.75) is 33.7 Å². The van der Waals surface area contributed by atoms with Crippen molar-refractivity contribution in [1.29, 1.82) is 0 Å². The molecular formula is C18H19N7O3. The van der Waals surface area contributed by atoms with Crippen molar-refractivity contribution in [3.63, 3.8) is 0 Å². The van der Waals surface area contributed by atoms with Crippen LogP contribution in [0.1, 0.15) is 41.2 Å². The molecule has 0 saturated heterocycles. The third-order valence-corrected chi connectivity index (χ3v) is 4.12. The molecule has 0 radical (unpaired) electrons. The average Bonchev–Trinajstić information content (AvgIpc) is 3.40. The number of aryl methyl sites for hydroxylation is 2. The van der Waals surface area contributed by atoms with Crippen molar-refractivity contribution in [2.24, 2.45) is 0 Å². The van der Waals surface area contributed by atoms with Crippen LogP contribution in [-0.2, 0) is 6.54 Å². The minimum absolute atomic E-state index is 0.0837. The standard InChI is InChI=1S/C18H19N7O3/c1-4-7-24(10-14-21-22-16(28-14)13-6-5-8-27-13)17(26)15-20-18-19-11(2)9-12(3)25(18)23-15/h5-6,8-9H,4,7,10H2,1-3H3. The number of carbonyl (C=O) groups is 1. The van der Waals surface area contributed by atoms with Crippen molar-refractivity contribution in [2.75, 3.05) is 6.54 Å². The van der Waals surface area contributed by atoms with Gasteiger partial charge in [0.25, 0.3) is 17.6 Å². The molecule has 1 amide bonds. The summed E-state index contributed by atoms with van der Waals surface area (Å²) in [6.07, 6.45) is 2.29. The molecule has 0 aliphatic carbocycles. The summed E-state index contributed by atoms with van der Waals surface area (Å²) in [5.41, 5.74) is 1.68. The predicted octanol–water partition coefficient (Wildman–Crippen LogP) is 2.44. The number of hydrogen-bond donors (Lipinski definition) is 0. The Bertz CT molecular complexity index is 1110. The van der Waals surface area contributed by atoms with Crippen molar-refractivity contribution < 1.29 is 13.6 Å². The molecule has 0 aromatic carbocycles. The molecule has 0 aliphatic heterocycles. The Balaban J connectivity index is 1.59. The van der Waals surface area contributed by atoms with Crippen molar-refractivity contribution in [1.82, 2.24) is 34.7 Å². The van der Waals surface area contributed by atoms with E-state index in [-0.39, 0.29) is 24.2 Å². The first-order valence-electron chi connectivity index (χ1n) is 8.91. The van der Waals surface area contributed by atoms with Gasteiger partial charge >= 0.3 is 0 Å². The Labute approximate surface area is 160 Å². The summed E-state index contributed by atoms with van der Waals surface area (Å²) in [6, 6.07) is 5.34. The number of amides is 1. The number of rotatable bonds is 6. The van der Waals surface area contributed by atoms with Crippen molar-refractivity contribution in [3.05, 3.63) is 47.6 Å².